The predicted molar refractivity (Wildman–Crippen MR) is 69.8 cm³/mol. The summed E-state index contributed by atoms with van der Waals surface area (Å²) in [6.07, 6.45) is 4.59. The second-order valence-electron chi connectivity index (χ2n) is 5.52. The molecular formula is C13H25N3O. The van der Waals surface area contributed by atoms with Crippen molar-refractivity contribution in [3.05, 3.63) is 18.2 Å². The number of imidazole rings is 1. The van der Waals surface area contributed by atoms with Crippen LogP contribution in [0, 0.1) is 5.41 Å². The minimum atomic E-state index is -0.0345. The van der Waals surface area contributed by atoms with Crippen LogP contribution in [0.15, 0.2) is 12.4 Å². The molecule has 0 aromatic carbocycles. The number of hydrogen-bond acceptors (Lipinski definition) is 3. The molecule has 2 N–H and O–H groups in total. The van der Waals surface area contributed by atoms with Gasteiger partial charge in [-0.05, 0) is 12.3 Å². The summed E-state index contributed by atoms with van der Waals surface area (Å²) in [7, 11) is 1.72. The van der Waals surface area contributed by atoms with Gasteiger partial charge in [0.25, 0.3) is 0 Å². The van der Waals surface area contributed by atoms with Crippen LogP contribution in [0.5, 0.6) is 0 Å². The summed E-state index contributed by atoms with van der Waals surface area (Å²) in [5.74, 6) is 1.03. The van der Waals surface area contributed by atoms with Crippen LogP contribution in [0.3, 0.4) is 0 Å². The van der Waals surface area contributed by atoms with E-state index in [9.17, 15) is 0 Å². The molecule has 4 heteroatoms. The highest BCUT2D eigenvalue weighted by molar-refractivity contribution is 4.98. The molecule has 0 saturated heterocycles. The zero-order chi connectivity index (χ0) is 13.1. The van der Waals surface area contributed by atoms with Gasteiger partial charge in [-0.25, -0.2) is 4.98 Å². The molecule has 1 aromatic heterocycles. The minimum absolute atomic E-state index is 0.0320. The molecule has 0 amide bonds. The molecule has 0 fully saturated rings. The summed E-state index contributed by atoms with van der Waals surface area (Å²) < 4.78 is 7.66. The Morgan fingerprint density at radius 1 is 1.47 bits per heavy atom. The summed E-state index contributed by atoms with van der Waals surface area (Å²) in [6.45, 7) is 9.47. The van der Waals surface area contributed by atoms with Gasteiger partial charge in [0.1, 0.15) is 5.82 Å². The maximum Gasteiger partial charge on any atom is 0.110 e. The molecule has 1 aromatic rings. The van der Waals surface area contributed by atoms with E-state index in [2.05, 4.69) is 37.2 Å². The van der Waals surface area contributed by atoms with Gasteiger partial charge < -0.3 is 15.0 Å². The zero-order valence-corrected chi connectivity index (χ0v) is 11.6. The maximum atomic E-state index is 6.25. The fraction of sp³-hybridized carbons (Fsp3) is 0.769. The average molecular weight is 239 g/mol. The molecule has 0 radical (unpaired) electrons. The number of aromatic nitrogens is 2. The number of nitrogens with zero attached hydrogens (tertiary/aromatic N) is 2. The molecule has 0 spiro atoms. The standard InChI is InChI=1S/C13H25N3O/c1-6-16-8-7-15-11(16)9-10(14)12(17-5)13(2,3)4/h7-8,10,12H,6,9,14H2,1-5H3. The van der Waals surface area contributed by atoms with Crippen molar-refractivity contribution in [2.45, 2.75) is 52.8 Å². The molecule has 0 aliphatic carbocycles. The first kappa shape index (κ1) is 14.2. The summed E-state index contributed by atoms with van der Waals surface area (Å²) in [5, 5.41) is 0. The first-order chi connectivity index (χ1) is 7.90. The third-order valence-corrected chi connectivity index (χ3v) is 3.06. The van der Waals surface area contributed by atoms with Gasteiger partial charge in [0, 0.05) is 38.5 Å². The summed E-state index contributed by atoms with van der Waals surface area (Å²) in [4.78, 5) is 4.35. The van der Waals surface area contributed by atoms with Crippen LogP contribution in [0.4, 0.5) is 0 Å². The van der Waals surface area contributed by atoms with Crippen LogP contribution in [0.2, 0.25) is 0 Å². The Kier molecular flexibility index (Phi) is 4.71. The van der Waals surface area contributed by atoms with Crippen molar-refractivity contribution in [2.75, 3.05) is 7.11 Å². The second-order valence-corrected chi connectivity index (χ2v) is 5.52. The largest absolute Gasteiger partial charge is 0.379 e. The Labute approximate surface area is 104 Å². The third-order valence-electron chi connectivity index (χ3n) is 3.06. The lowest BCUT2D eigenvalue weighted by Gasteiger charge is -2.33. The fourth-order valence-corrected chi connectivity index (χ4v) is 2.31. The molecule has 1 heterocycles. The second kappa shape index (κ2) is 5.65. The van der Waals surface area contributed by atoms with Crippen LogP contribution in [-0.2, 0) is 17.7 Å². The number of methoxy groups -OCH3 is 1. The van der Waals surface area contributed by atoms with E-state index in [1.807, 2.05) is 12.4 Å². The average Bonchev–Trinajstić information content (AvgIpc) is 2.63. The van der Waals surface area contributed by atoms with Crippen LogP contribution in [0.1, 0.15) is 33.5 Å². The Morgan fingerprint density at radius 2 is 2.12 bits per heavy atom. The normalized spacial score (nSPS) is 15.9. The molecular weight excluding hydrogens is 214 g/mol. The lowest BCUT2D eigenvalue weighted by Crippen LogP contribution is -2.46. The molecule has 98 valence electrons. The van der Waals surface area contributed by atoms with Crippen LogP contribution in [-0.4, -0.2) is 28.8 Å². The van der Waals surface area contributed by atoms with Crippen molar-refractivity contribution in [2.24, 2.45) is 11.1 Å². The fourth-order valence-electron chi connectivity index (χ4n) is 2.31. The van der Waals surface area contributed by atoms with Gasteiger partial charge in [-0.2, -0.15) is 0 Å². The van der Waals surface area contributed by atoms with Gasteiger partial charge in [0.05, 0.1) is 6.10 Å². The summed E-state index contributed by atoms with van der Waals surface area (Å²) in [6, 6.07) is -0.0345. The lowest BCUT2D eigenvalue weighted by atomic mass is 9.83. The van der Waals surface area contributed by atoms with Gasteiger partial charge in [0.15, 0.2) is 0 Å². The van der Waals surface area contributed by atoms with E-state index in [0.717, 1.165) is 18.8 Å². The Bertz CT molecular complexity index is 341. The summed E-state index contributed by atoms with van der Waals surface area (Å²) >= 11 is 0. The number of rotatable bonds is 5. The quantitative estimate of drug-likeness (QED) is 0.853. The van der Waals surface area contributed by atoms with E-state index in [4.69, 9.17) is 10.5 Å². The number of nitrogens with two attached hydrogens (primary N) is 1. The van der Waals surface area contributed by atoms with Crippen molar-refractivity contribution in [1.29, 1.82) is 0 Å². The molecule has 2 atom stereocenters. The number of hydrogen-bond donors (Lipinski definition) is 1. The van der Waals surface area contributed by atoms with E-state index in [-0.39, 0.29) is 17.6 Å². The third kappa shape index (κ3) is 3.54. The highest BCUT2D eigenvalue weighted by Gasteiger charge is 2.30. The molecule has 0 aliphatic heterocycles. The molecule has 0 saturated carbocycles. The Balaban J connectivity index is 2.74. The van der Waals surface area contributed by atoms with Crippen molar-refractivity contribution in [1.82, 2.24) is 9.55 Å². The van der Waals surface area contributed by atoms with E-state index in [1.54, 1.807) is 7.11 Å². The smallest absolute Gasteiger partial charge is 0.110 e. The lowest BCUT2D eigenvalue weighted by molar-refractivity contribution is -0.00219. The zero-order valence-electron chi connectivity index (χ0n) is 11.6. The highest BCUT2D eigenvalue weighted by Crippen LogP contribution is 2.25. The Morgan fingerprint density at radius 3 is 2.59 bits per heavy atom. The molecule has 4 nitrogen and oxygen atoms in total. The van der Waals surface area contributed by atoms with Crippen LogP contribution in [0.25, 0.3) is 0 Å². The monoisotopic (exact) mass is 239 g/mol. The number of aryl methyl sites for hydroxylation is 1. The molecule has 1 rings (SSSR count). The first-order valence-electron chi connectivity index (χ1n) is 6.18. The first-order valence-corrected chi connectivity index (χ1v) is 6.18. The highest BCUT2D eigenvalue weighted by atomic mass is 16.5. The van der Waals surface area contributed by atoms with Crippen molar-refractivity contribution < 1.29 is 4.74 Å². The van der Waals surface area contributed by atoms with E-state index in [0.29, 0.717) is 0 Å². The van der Waals surface area contributed by atoms with Crippen LogP contribution < -0.4 is 5.73 Å². The Hall–Kier alpha value is -0.870. The number of ether oxygens (including phenoxy) is 1. The van der Waals surface area contributed by atoms with E-state index in [1.165, 1.54) is 0 Å². The van der Waals surface area contributed by atoms with Crippen molar-refractivity contribution in [3.8, 4) is 0 Å². The van der Waals surface area contributed by atoms with Crippen LogP contribution >= 0.6 is 0 Å². The van der Waals surface area contributed by atoms with E-state index >= 15 is 0 Å². The molecule has 0 aliphatic rings. The van der Waals surface area contributed by atoms with Gasteiger partial charge in [-0.1, -0.05) is 20.8 Å². The maximum absolute atomic E-state index is 6.25. The van der Waals surface area contributed by atoms with Gasteiger partial charge in [-0.15, -0.1) is 0 Å². The molecule has 2 unspecified atom stereocenters. The molecule has 17 heavy (non-hydrogen) atoms. The van der Waals surface area contributed by atoms with Gasteiger partial charge in [-0.3, -0.25) is 0 Å². The SMILES string of the molecule is CCn1ccnc1CC(N)C(OC)C(C)(C)C. The molecule has 0 bridgehead atoms. The minimum Gasteiger partial charge on any atom is -0.379 e. The topological polar surface area (TPSA) is 53.1 Å². The predicted octanol–water partition coefficient (Wildman–Crippen LogP) is 1.83. The van der Waals surface area contributed by atoms with Gasteiger partial charge >= 0.3 is 0 Å². The van der Waals surface area contributed by atoms with Gasteiger partial charge in [0.2, 0.25) is 0 Å². The van der Waals surface area contributed by atoms with Crippen molar-refractivity contribution >= 4 is 0 Å². The summed E-state index contributed by atoms with van der Waals surface area (Å²) in [5.41, 5.74) is 6.29. The van der Waals surface area contributed by atoms with Crippen molar-refractivity contribution in [3.63, 3.8) is 0 Å². The van der Waals surface area contributed by atoms with E-state index < -0.39 is 0 Å².